The van der Waals surface area contributed by atoms with Gasteiger partial charge >= 0.3 is 5.97 Å². The summed E-state index contributed by atoms with van der Waals surface area (Å²) in [5.41, 5.74) is 1.88. The van der Waals surface area contributed by atoms with E-state index in [0.29, 0.717) is 23.8 Å². The molecular weight excluding hydrogens is 260 g/mol. The van der Waals surface area contributed by atoms with Crippen molar-refractivity contribution in [2.45, 2.75) is 19.1 Å². The minimum Gasteiger partial charge on any atom is -0.461 e. The zero-order valence-corrected chi connectivity index (χ0v) is 11.7. The number of carbonyl (C=O) groups is 1. The second kappa shape index (κ2) is 6.70. The van der Waals surface area contributed by atoms with E-state index >= 15 is 0 Å². The Morgan fingerprint density at radius 1 is 1.71 bits per heavy atom. The van der Waals surface area contributed by atoms with E-state index in [1.54, 1.807) is 18.7 Å². The van der Waals surface area contributed by atoms with Gasteiger partial charge in [0.1, 0.15) is 5.00 Å². The van der Waals surface area contributed by atoms with Gasteiger partial charge in [-0.1, -0.05) is 0 Å². The number of aromatic nitrogens is 1. The minimum atomic E-state index is -0.887. The molecule has 1 heterocycles. The molecule has 0 saturated carbocycles. The average Bonchev–Trinajstić information content (AvgIpc) is 2.74. The highest BCUT2D eigenvalue weighted by Crippen LogP contribution is 2.21. The van der Waals surface area contributed by atoms with Crippen LogP contribution in [-0.4, -0.2) is 39.8 Å². The van der Waals surface area contributed by atoms with Crippen molar-refractivity contribution in [2.75, 3.05) is 24.7 Å². The van der Waals surface area contributed by atoms with E-state index in [2.05, 4.69) is 10.3 Å². The van der Waals surface area contributed by atoms with E-state index in [4.69, 9.17) is 4.74 Å². The summed E-state index contributed by atoms with van der Waals surface area (Å²) in [6, 6.07) is 0. The summed E-state index contributed by atoms with van der Waals surface area (Å²) < 4.78 is 16.1. The SMILES string of the molecule is CCOC(=O)c1ncsc1NCC(C)S(C)=O. The smallest absolute Gasteiger partial charge is 0.360 e. The Kier molecular flexibility index (Phi) is 5.57. The standard InChI is InChI=1S/C10H16N2O3S2/c1-4-15-10(13)8-9(16-6-12-8)11-5-7(2)17(3)14/h6-7,11H,4-5H2,1-3H3. The number of nitrogens with one attached hydrogen (secondary N) is 1. The molecule has 0 saturated heterocycles. The summed E-state index contributed by atoms with van der Waals surface area (Å²) in [6.07, 6.45) is 1.66. The molecule has 5 nitrogen and oxygen atoms in total. The molecule has 1 rings (SSSR count). The zero-order valence-electron chi connectivity index (χ0n) is 10.1. The van der Waals surface area contributed by atoms with Crippen molar-refractivity contribution in [1.29, 1.82) is 0 Å². The van der Waals surface area contributed by atoms with Crippen LogP contribution in [0.4, 0.5) is 5.00 Å². The first kappa shape index (κ1) is 14.1. The van der Waals surface area contributed by atoms with E-state index in [9.17, 15) is 9.00 Å². The lowest BCUT2D eigenvalue weighted by Crippen LogP contribution is -2.21. The van der Waals surface area contributed by atoms with Gasteiger partial charge < -0.3 is 10.1 Å². The Balaban J connectivity index is 2.63. The Hall–Kier alpha value is -0.950. The van der Waals surface area contributed by atoms with Crippen molar-refractivity contribution in [3.8, 4) is 0 Å². The number of nitrogens with zero attached hydrogens (tertiary/aromatic N) is 1. The fourth-order valence-corrected chi connectivity index (χ4v) is 2.07. The molecule has 0 aliphatic rings. The maximum absolute atomic E-state index is 11.5. The third kappa shape index (κ3) is 4.08. The largest absolute Gasteiger partial charge is 0.461 e. The summed E-state index contributed by atoms with van der Waals surface area (Å²) in [7, 11) is -0.887. The number of ether oxygens (including phenoxy) is 1. The summed E-state index contributed by atoms with van der Waals surface area (Å²) in [4.78, 5) is 15.5. The summed E-state index contributed by atoms with van der Waals surface area (Å²) in [6.45, 7) is 4.50. The number of carbonyl (C=O) groups excluding carboxylic acids is 1. The van der Waals surface area contributed by atoms with E-state index in [0.717, 1.165) is 0 Å². The Morgan fingerprint density at radius 3 is 3.00 bits per heavy atom. The molecule has 1 N–H and O–H groups in total. The highest BCUT2D eigenvalue weighted by atomic mass is 32.2. The molecule has 96 valence electrons. The van der Waals surface area contributed by atoms with Gasteiger partial charge in [-0.2, -0.15) is 0 Å². The van der Waals surface area contributed by atoms with Gasteiger partial charge in [-0.15, -0.1) is 11.3 Å². The van der Waals surface area contributed by atoms with Gasteiger partial charge in [0.15, 0.2) is 5.69 Å². The number of thiazole rings is 1. The van der Waals surface area contributed by atoms with Crippen molar-refractivity contribution in [1.82, 2.24) is 4.98 Å². The molecule has 1 aromatic heterocycles. The van der Waals surface area contributed by atoms with Crippen molar-refractivity contribution in [2.24, 2.45) is 0 Å². The molecule has 2 unspecified atom stereocenters. The minimum absolute atomic E-state index is 0.0205. The van der Waals surface area contributed by atoms with Crippen molar-refractivity contribution < 1.29 is 13.7 Å². The molecule has 0 aromatic carbocycles. The molecular formula is C10H16N2O3S2. The van der Waals surface area contributed by atoms with E-state index in [1.165, 1.54) is 11.3 Å². The number of rotatable bonds is 6. The molecule has 0 aliphatic carbocycles. The van der Waals surface area contributed by atoms with Crippen molar-refractivity contribution >= 4 is 33.1 Å². The van der Waals surface area contributed by atoms with Gasteiger partial charge in [-0.3, -0.25) is 4.21 Å². The Bertz CT molecular complexity index is 406. The molecule has 0 aliphatic heterocycles. The molecule has 17 heavy (non-hydrogen) atoms. The maximum atomic E-state index is 11.5. The van der Waals surface area contributed by atoms with Crippen LogP contribution in [0.3, 0.4) is 0 Å². The molecule has 0 spiro atoms. The molecule has 1 aromatic rings. The van der Waals surface area contributed by atoms with Gasteiger partial charge in [0.05, 0.1) is 12.1 Å². The summed E-state index contributed by atoms with van der Waals surface area (Å²) in [5.74, 6) is -0.429. The van der Waals surface area contributed by atoms with Crippen LogP contribution in [0, 0.1) is 0 Å². The van der Waals surface area contributed by atoms with Crippen LogP contribution in [0.25, 0.3) is 0 Å². The van der Waals surface area contributed by atoms with Crippen LogP contribution in [0.2, 0.25) is 0 Å². The van der Waals surface area contributed by atoms with Gasteiger partial charge in [0, 0.05) is 28.9 Å². The number of hydrogen-bond donors (Lipinski definition) is 1. The summed E-state index contributed by atoms with van der Waals surface area (Å²) in [5, 5.41) is 3.76. The van der Waals surface area contributed by atoms with Crippen LogP contribution in [0.5, 0.6) is 0 Å². The summed E-state index contributed by atoms with van der Waals surface area (Å²) >= 11 is 1.34. The predicted octanol–water partition coefficient (Wildman–Crippen LogP) is 1.50. The van der Waals surface area contributed by atoms with Crippen molar-refractivity contribution in [3.05, 3.63) is 11.2 Å². The first-order chi connectivity index (χ1) is 8.06. The third-order valence-corrected chi connectivity index (χ3v) is 4.24. The normalized spacial score (nSPS) is 14.1. The molecule has 0 fully saturated rings. The van der Waals surface area contributed by atoms with Crippen LogP contribution in [0.1, 0.15) is 24.3 Å². The van der Waals surface area contributed by atoms with Gasteiger partial charge in [0.25, 0.3) is 0 Å². The lowest BCUT2D eigenvalue weighted by atomic mass is 10.4. The van der Waals surface area contributed by atoms with Gasteiger partial charge in [0.2, 0.25) is 0 Å². The second-order valence-corrected chi connectivity index (χ2v) is 6.10. The highest BCUT2D eigenvalue weighted by Gasteiger charge is 2.16. The highest BCUT2D eigenvalue weighted by molar-refractivity contribution is 7.84. The number of hydrogen-bond acceptors (Lipinski definition) is 6. The molecule has 7 heteroatoms. The second-order valence-electron chi connectivity index (χ2n) is 3.44. The molecule has 2 atom stereocenters. The van der Waals surface area contributed by atoms with E-state index in [1.807, 2.05) is 6.92 Å². The zero-order chi connectivity index (χ0) is 12.8. The topological polar surface area (TPSA) is 68.3 Å². The first-order valence-electron chi connectivity index (χ1n) is 5.23. The quantitative estimate of drug-likeness (QED) is 0.797. The molecule has 0 amide bonds. The number of esters is 1. The first-order valence-corrected chi connectivity index (χ1v) is 7.73. The Morgan fingerprint density at radius 2 is 2.41 bits per heavy atom. The average molecular weight is 276 g/mol. The Labute approximate surface area is 107 Å². The van der Waals surface area contributed by atoms with Crippen LogP contribution in [-0.2, 0) is 15.5 Å². The van der Waals surface area contributed by atoms with E-state index < -0.39 is 16.8 Å². The van der Waals surface area contributed by atoms with E-state index in [-0.39, 0.29) is 5.25 Å². The predicted molar refractivity (Wildman–Crippen MR) is 70.1 cm³/mol. The maximum Gasteiger partial charge on any atom is 0.360 e. The van der Waals surface area contributed by atoms with Gasteiger partial charge in [-0.25, -0.2) is 9.78 Å². The van der Waals surface area contributed by atoms with Crippen LogP contribution >= 0.6 is 11.3 Å². The monoisotopic (exact) mass is 276 g/mol. The van der Waals surface area contributed by atoms with Gasteiger partial charge in [-0.05, 0) is 13.8 Å². The lowest BCUT2D eigenvalue weighted by molar-refractivity contribution is 0.0521. The fourth-order valence-electron chi connectivity index (χ4n) is 1.07. The molecule has 0 bridgehead atoms. The molecule has 0 radical (unpaired) electrons. The number of anilines is 1. The lowest BCUT2D eigenvalue weighted by Gasteiger charge is -2.10. The van der Waals surface area contributed by atoms with Crippen LogP contribution < -0.4 is 5.32 Å². The van der Waals surface area contributed by atoms with Crippen LogP contribution in [0.15, 0.2) is 5.51 Å². The fraction of sp³-hybridized carbons (Fsp3) is 0.600. The van der Waals surface area contributed by atoms with Crippen molar-refractivity contribution in [3.63, 3.8) is 0 Å². The third-order valence-electron chi connectivity index (χ3n) is 2.15.